The monoisotopic (exact) mass is 326 g/mol. The fourth-order valence-electron chi connectivity index (χ4n) is 1.99. The second-order valence-corrected chi connectivity index (χ2v) is 5.35. The van der Waals surface area contributed by atoms with Crippen LogP contribution >= 0.6 is 11.6 Å². The first-order chi connectivity index (χ1) is 11.1. The number of pyridine rings is 1. The fraction of sp³-hybridized carbons (Fsp3) is 0.0625. The molecule has 0 spiro atoms. The minimum absolute atomic E-state index is 0.410. The lowest BCUT2D eigenvalue weighted by molar-refractivity contribution is 1.15. The first-order valence-corrected chi connectivity index (χ1v) is 7.33. The lowest BCUT2D eigenvalue weighted by Gasteiger charge is -2.13. The number of hydrogen-bond acceptors (Lipinski definition) is 6. The Kier molecular flexibility index (Phi) is 4.25. The number of nitrogen functional groups attached to an aromatic ring is 1. The number of nitrogens with two attached hydrogens (primary N) is 1. The highest BCUT2D eigenvalue weighted by atomic mass is 35.5. The van der Waals surface area contributed by atoms with Crippen LogP contribution in [0.25, 0.3) is 0 Å². The predicted octanol–water partition coefficient (Wildman–Crippen LogP) is 3.90. The minimum atomic E-state index is 0.410. The lowest BCUT2D eigenvalue weighted by Crippen LogP contribution is -2.06. The molecule has 0 bridgehead atoms. The van der Waals surface area contributed by atoms with Gasteiger partial charge in [-0.15, -0.1) is 0 Å². The molecule has 3 rings (SSSR count). The molecule has 0 fully saturated rings. The predicted molar refractivity (Wildman–Crippen MR) is 93.4 cm³/mol. The van der Waals surface area contributed by atoms with Gasteiger partial charge in [0.15, 0.2) is 11.6 Å². The SMILES string of the molecule is Cc1cccnc1Nc1ncnc(Nc2ccc(Cl)cc2)c1N. The molecule has 1 aromatic carbocycles. The summed E-state index contributed by atoms with van der Waals surface area (Å²) in [5.41, 5.74) is 8.40. The topological polar surface area (TPSA) is 88.8 Å². The summed E-state index contributed by atoms with van der Waals surface area (Å²) in [5.74, 6) is 1.71. The first-order valence-electron chi connectivity index (χ1n) is 6.95. The number of hydrogen-bond donors (Lipinski definition) is 3. The Morgan fingerprint density at radius 3 is 2.30 bits per heavy atom. The van der Waals surface area contributed by atoms with Crippen molar-refractivity contribution in [1.29, 1.82) is 0 Å². The van der Waals surface area contributed by atoms with Gasteiger partial charge in [-0.2, -0.15) is 0 Å². The van der Waals surface area contributed by atoms with Crippen LogP contribution in [0.3, 0.4) is 0 Å². The van der Waals surface area contributed by atoms with Gasteiger partial charge in [0.25, 0.3) is 0 Å². The maximum atomic E-state index is 6.16. The van der Waals surface area contributed by atoms with E-state index in [0.717, 1.165) is 11.3 Å². The van der Waals surface area contributed by atoms with Gasteiger partial charge in [-0.05, 0) is 42.8 Å². The van der Waals surface area contributed by atoms with Crippen LogP contribution in [-0.2, 0) is 0 Å². The van der Waals surface area contributed by atoms with Crippen molar-refractivity contribution in [2.75, 3.05) is 16.4 Å². The van der Waals surface area contributed by atoms with Crippen LogP contribution in [0.2, 0.25) is 5.02 Å². The molecule has 2 aromatic heterocycles. The molecule has 3 aromatic rings. The van der Waals surface area contributed by atoms with Crippen LogP contribution in [0.4, 0.5) is 28.8 Å². The number of nitrogens with zero attached hydrogens (tertiary/aromatic N) is 3. The number of nitrogens with one attached hydrogen (secondary N) is 2. The Balaban J connectivity index is 1.86. The van der Waals surface area contributed by atoms with Gasteiger partial charge in [0.2, 0.25) is 0 Å². The van der Waals surface area contributed by atoms with E-state index in [1.807, 2.05) is 31.2 Å². The molecule has 0 atom stereocenters. The average molecular weight is 327 g/mol. The van der Waals surface area contributed by atoms with E-state index in [1.54, 1.807) is 18.3 Å². The van der Waals surface area contributed by atoms with Gasteiger partial charge in [0, 0.05) is 16.9 Å². The molecule has 0 radical (unpaired) electrons. The van der Waals surface area contributed by atoms with Gasteiger partial charge in [-0.3, -0.25) is 0 Å². The number of rotatable bonds is 4. The molecule has 0 amide bonds. The van der Waals surface area contributed by atoms with Gasteiger partial charge in [0.1, 0.15) is 17.8 Å². The highest BCUT2D eigenvalue weighted by Gasteiger charge is 2.10. The molecule has 6 nitrogen and oxygen atoms in total. The van der Waals surface area contributed by atoms with E-state index in [-0.39, 0.29) is 0 Å². The third-order valence-corrected chi connectivity index (χ3v) is 3.49. The maximum Gasteiger partial charge on any atom is 0.160 e. The Morgan fingerprint density at radius 2 is 1.61 bits per heavy atom. The third kappa shape index (κ3) is 3.49. The van der Waals surface area contributed by atoms with E-state index in [2.05, 4.69) is 25.6 Å². The molecule has 0 aliphatic heterocycles. The molecular formula is C16H15ClN6. The summed E-state index contributed by atoms with van der Waals surface area (Å²) in [6.07, 6.45) is 3.15. The summed E-state index contributed by atoms with van der Waals surface area (Å²) in [6.45, 7) is 1.96. The second kappa shape index (κ2) is 6.50. The van der Waals surface area contributed by atoms with E-state index in [4.69, 9.17) is 17.3 Å². The van der Waals surface area contributed by atoms with Gasteiger partial charge >= 0.3 is 0 Å². The first kappa shape index (κ1) is 15.1. The van der Waals surface area contributed by atoms with Crippen molar-refractivity contribution in [2.45, 2.75) is 6.92 Å². The average Bonchev–Trinajstić information content (AvgIpc) is 2.55. The molecular weight excluding hydrogens is 312 g/mol. The normalized spacial score (nSPS) is 10.3. The molecule has 116 valence electrons. The number of aromatic nitrogens is 3. The van der Waals surface area contributed by atoms with E-state index in [1.165, 1.54) is 6.33 Å². The fourth-order valence-corrected chi connectivity index (χ4v) is 2.12. The largest absolute Gasteiger partial charge is 0.393 e. The van der Waals surface area contributed by atoms with Gasteiger partial charge in [-0.1, -0.05) is 17.7 Å². The van der Waals surface area contributed by atoms with Crippen molar-refractivity contribution in [2.24, 2.45) is 0 Å². The van der Waals surface area contributed by atoms with Crippen molar-refractivity contribution in [1.82, 2.24) is 15.0 Å². The summed E-state index contributed by atoms with van der Waals surface area (Å²) >= 11 is 5.88. The summed E-state index contributed by atoms with van der Waals surface area (Å²) in [4.78, 5) is 12.6. The number of aryl methyl sites for hydroxylation is 1. The van der Waals surface area contributed by atoms with Crippen molar-refractivity contribution in [3.63, 3.8) is 0 Å². The molecule has 0 unspecified atom stereocenters. The lowest BCUT2D eigenvalue weighted by atomic mass is 10.3. The van der Waals surface area contributed by atoms with Gasteiger partial charge in [-0.25, -0.2) is 15.0 Å². The highest BCUT2D eigenvalue weighted by Crippen LogP contribution is 2.28. The molecule has 7 heteroatoms. The molecule has 0 aliphatic rings. The smallest absolute Gasteiger partial charge is 0.160 e. The van der Waals surface area contributed by atoms with E-state index in [9.17, 15) is 0 Å². The molecule has 2 heterocycles. The molecule has 0 saturated heterocycles. The van der Waals surface area contributed by atoms with Gasteiger partial charge in [0.05, 0.1) is 0 Å². The summed E-state index contributed by atoms with van der Waals surface area (Å²) in [5, 5.41) is 6.94. The summed E-state index contributed by atoms with van der Waals surface area (Å²) < 4.78 is 0. The highest BCUT2D eigenvalue weighted by molar-refractivity contribution is 6.30. The van der Waals surface area contributed by atoms with E-state index in [0.29, 0.717) is 28.2 Å². The Hall–Kier alpha value is -2.86. The van der Waals surface area contributed by atoms with Crippen molar-refractivity contribution >= 4 is 40.4 Å². The van der Waals surface area contributed by atoms with Crippen molar-refractivity contribution in [3.8, 4) is 0 Å². The Morgan fingerprint density at radius 1 is 0.913 bits per heavy atom. The maximum absolute atomic E-state index is 6.16. The standard InChI is InChI=1S/C16H15ClN6/c1-10-3-2-8-19-14(10)23-16-13(18)15(20-9-21-16)22-12-6-4-11(17)5-7-12/h2-9H,18H2,1H3,(H2,19,20,21,22,23). The van der Waals surface area contributed by atoms with Crippen LogP contribution in [0.15, 0.2) is 48.9 Å². The van der Waals surface area contributed by atoms with Gasteiger partial charge < -0.3 is 16.4 Å². The Labute approximate surface area is 138 Å². The van der Waals surface area contributed by atoms with Crippen LogP contribution < -0.4 is 16.4 Å². The van der Waals surface area contributed by atoms with E-state index < -0.39 is 0 Å². The zero-order chi connectivity index (χ0) is 16.2. The van der Waals surface area contributed by atoms with Crippen LogP contribution in [0.5, 0.6) is 0 Å². The zero-order valence-corrected chi connectivity index (χ0v) is 13.2. The Bertz CT molecular complexity index is 819. The van der Waals surface area contributed by atoms with Crippen LogP contribution in [0.1, 0.15) is 5.56 Å². The quantitative estimate of drug-likeness (QED) is 0.673. The molecule has 23 heavy (non-hydrogen) atoms. The minimum Gasteiger partial charge on any atom is -0.393 e. The summed E-state index contributed by atoms with van der Waals surface area (Å²) in [6, 6.07) is 11.1. The van der Waals surface area contributed by atoms with Crippen molar-refractivity contribution in [3.05, 3.63) is 59.5 Å². The van der Waals surface area contributed by atoms with Crippen molar-refractivity contribution < 1.29 is 0 Å². The number of benzene rings is 1. The number of anilines is 5. The molecule has 0 aliphatic carbocycles. The second-order valence-electron chi connectivity index (χ2n) is 4.91. The zero-order valence-electron chi connectivity index (χ0n) is 12.4. The van der Waals surface area contributed by atoms with E-state index >= 15 is 0 Å². The summed E-state index contributed by atoms with van der Waals surface area (Å²) in [7, 11) is 0. The molecule has 4 N–H and O–H groups in total. The van der Waals surface area contributed by atoms with Crippen LogP contribution in [0, 0.1) is 6.92 Å². The number of halogens is 1. The third-order valence-electron chi connectivity index (χ3n) is 3.24. The molecule has 0 saturated carbocycles. The van der Waals surface area contributed by atoms with Crippen LogP contribution in [-0.4, -0.2) is 15.0 Å².